The van der Waals surface area contributed by atoms with Crippen molar-refractivity contribution in [3.05, 3.63) is 63.3 Å². The first kappa shape index (κ1) is 33.8. The lowest BCUT2D eigenvalue weighted by molar-refractivity contribution is 0.0746. The molecule has 240 valence electrons. The summed E-state index contributed by atoms with van der Waals surface area (Å²) in [5.41, 5.74) is 1.59. The van der Waals surface area contributed by atoms with Crippen LogP contribution in [0, 0.1) is 24.6 Å². The highest BCUT2D eigenvalue weighted by Gasteiger charge is 2.27. The number of ketones is 1. The van der Waals surface area contributed by atoms with E-state index < -0.39 is 15.7 Å². The van der Waals surface area contributed by atoms with E-state index in [0.717, 1.165) is 67.0 Å². The second kappa shape index (κ2) is 14.8. The van der Waals surface area contributed by atoms with Crippen LogP contribution in [0.5, 0.6) is 0 Å². The molecule has 4 rings (SSSR count). The maximum absolute atomic E-state index is 14.8. The van der Waals surface area contributed by atoms with Gasteiger partial charge in [0.15, 0.2) is 15.6 Å². The molecule has 9 heteroatoms. The number of hydrogen-bond acceptors (Lipinski definition) is 6. The van der Waals surface area contributed by atoms with E-state index in [9.17, 15) is 22.4 Å². The Balaban J connectivity index is 1.48. The average molecular weight is 627 g/mol. The molecule has 1 amide bonds. The van der Waals surface area contributed by atoms with Crippen LogP contribution < -0.4 is 15.8 Å². The Labute approximate surface area is 261 Å². The van der Waals surface area contributed by atoms with Crippen LogP contribution in [0.2, 0.25) is 0 Å². The van der Waals surface area contributed by atoms with Gasteiger partial charge in [0.2, 0.25) is 0 Å². The SMILES string of the molecule is Cc1c(C(=O)NCCOC(C)C)ccc2c1=CN(CC1CCCCC(C(=O)c3ccc(S(C)(=O)=O)cc3F)CC1)C(C)CC=2. The van der Waals surface area contributed by atoms with Gasteiger partial charge in [0, 0.05) is 48.3 Å². The van der Waals surface area contributed by atoms with Crippen LogP contribution in [0.4, 0.5) is 4.39 Å². The number of hydrogen-bond donors (Lipinski definition) is 1. The minimum Gasteiger partial charge on any atom is -0.377 e. The molecule has 3 unspecified atom stereocenters. The number of nitrogens with one attached hydrogen (secondary N) is 1. The predicted molar refractivity (Wildman–Crippen MR) is 172 cm³/mol. The third-order valence-electron chi connectivity index (χ3n) is 8.98. The fraction of sp³-hybridized carbons (Fsp3) is 0.543. The van der Waals surface area contributed by atoms with Crippen molar-refractivity contribution in [2.45, 2.75) is 89.7 Å². The van der Waals surface area contributed by atoms with E-state index in [2.05, 4.69) is 29.4 Å². The molecule has 1 heterocycles. The summed E-state index contributed by atoms with van der Waals surface area (Å²) in [6, 6.07) is 7.81. The Morgan fingerprint density at radius 1 is 1.07 bits per heavy atom. The number of rotatable bonds is 10. The zero-order chi connectivity index (χ0) is 32.0. The number of Topliss-reactive ketones (excluding diaryl/α,β-unsaturated/α-hetero) is 1. The number of fused-ring (bicyclic) bond motifs is 1. The van der Waals surface area contributed by atoms with Gasteiger partial charge in [-0.25, -0.2) is 12.8 Å². The zero-order valence-electron chi connectivity index (χ0n) is 26.7. The Kier molecular flexibility index (Phi) is 11.4. The van der Waals surface area contributed by atoms with Gasteiger partial charge in [-0.05, 0) is 101 Å². The van der Waals surface area contributed by atoms with Crippen molar-refractivity contribution < 1.29 is 27.1 Å². The Bertz CT molecular complexity index is 1590. The molecule has 1 aliphatic heterocycles. The lowest BCUT2D eigenvalue weighted by Gasteiger charge is -2.32. The number of ether oxygens (including phenoxy) is 1. The quantitative estimate of drug-likeness (QED) is 0.302. The van der Waals surface area contributed by atoms with Gasteiger partial charge in [-0.2, -0.15) is 0 Å². The number of sulfone groups is 1. The molecule has 2 aromatic rings. The van der Waals surface area contributed by atoms with Crippen molar-refractivity contribution in [3.8, 4) is 0 Å². The molecular formula is C35H47FN2O5S. The fourth-order valence-corrected chi connectivity index (χ4v) is 6.93. The molecule has 44 heavy (non-hydrogen) atoms. The number of nitrogens with zero attached hydrogens (tertiary/aromatic N) is 1. The molecule has 0 aromatic heterocycles. The number of carbonyl (C=O) groups is 2. The van der Waals surface area contributed by atoms with Crippen molar-refractivity contribution in [1.29, 1.82) is 0 Å². The van der Waals surface area contributed by atoms with Crippen LogP contribution in [0.25, 0.3) is 12.3 Å². The van der Waals surface area contributed by atoms with Crippen LogP contribution in [0.15, 0.2) is 35.2 Å². The maximum atomic E-state index is 14.8. The number of amides is 1. The van der Waals surface area contributed by atoms with Gasteiger partial charge in [-0.1, -0.05) is 25.0 Å². The van der Waals surface area contributed by atoms with Crippen molar-refractivity contribution in [2.75, 3.05) is 26.0 Å². The molecule has 1 aliphatic carbocycles. The zero-order valence-corrected chi connectivity index (χ0v) is 27.5. The van der Waals surface area contributed by atoms with Gasteiger partial charge in [-0.3, -0.25) is 9.59 Å². The standard InChI is InChI=1S/C35H47FN2O5S/c1-23(2)43-19-18-37-35(40)30-16-14-27-12-10-24(3)38(22-32(27)25(30)4)21-26-8-6-7-9-28(13-11-26)34(39)31-17-15-29(20-33(31)36)44(5,41)42/h12,14-17,20,22-24,26,28H,6-11,13,18-19,21H2,1-5H3,(H,37,40). The first-order valence-corrected chi connectivity index (χ1v) is 17.7. The van der Waals surface area contributed by atoms with Crippen LogP contribution in [0.3, 0.4) is 0 Å². The van der Waals surface area contributed by atoms with E-state index in [1.165, 1.54) is 12.1 Å². The lowest BCUT2D eigenvalue weighted by Crippen LogP contribution is -2.37. The van der Waals surface area contributed by atoms with Gasteiger partial charge >= 0.3 is 0 Å². The van der Waals surface area contributed by atoms with Crippen LogP contribution in [0.1, 0.15) is 92.0 Å². The van der Waals surface area contributed by atoms with Gasteiger partial charge in [0.05, 0.1) is 23.2 Å². The molecule has 1 fully saturated rings. The summed E-state index contributed by atoms with van der Waals surface area (Å²) in [6.45, 7) is 9.93. The Morgan fingerprint density at radius 2 is 1.80 bits per heavy atom. The largest absolute Gasteiger partial charge is 0.377 e. The summed E-state index contributed by atoms with van der Waals surface area (Å²) in [4.78, 5) is 28.6. The van der Waals surface area contributed by atoms with Gasteiger partial charge in [0.1, 0.15) is 5.82 Å². The van der Waals surface area contributed by atoms with Gasteiger partial charge in [-0.15, -0.1) is 0 Å². The van der Waals surface area contributed by atoms with Crippen molar-refractivity contribution in [2.24, 2.45) is 11.8 Å². The van der Waals surface area contributed by atoms with E-state index in [0.29, 0.717) is 37.5 Å². The third kappa shape index (κ3) is 8.57. The molecule has 0 radical (unpaired) electrons. The second-order valence-corrected chi connectivity index (χ2v) is 14.7. The van der Waals surface area contributed by atoms with Crippen molar-refractivity contribution >= 4 is 33.8 Å². The monoisotopic (exact) mass is 626 g/mol. The minimum absolute atomic E-state index is 0.0242. The average Bonchev–Trinajstić information content (AvgIpc) is 3.10. The molecule has 0 bridgehead atoms. The maximum Gasteiger partial charge on any atom is 0.251 e. The predicted octanol–water partition coefficient (Wildman–Crippen LogP) is 4.77. The summed E-state index contributed by atoms with van der Waals surface area (Å²) in [5, 5.41) is 5.17. The lowest BCUT2D eigenvalue weighted by atomic mass is 9.81. The van der Waals surface area contributed by atoms with E-state index in [-0.39, 0.29) is 40.2 Å². The van der Waals surface area contributed by atoms with Gasteiger partial charge < -0.3 is 15.0 Å². The normalized spacial score (nSPS) is 20.9. The first-order chi connectivity index (χ1) is 20.8. The van der Waals surface area contributed by atoms with Crippen LogP contribution in [-0.2, 0) is 14.6 Å². The van der Waals surface area contributed by atoms with Crippen LogP contribution in [-0.4, -0.2) is 63.1 Å². The summed E-state index contributed by atoms with van der Waals surface area (Å²) in [7, 11) is -3.55. The number of halogens is 1. The van der Waals surface area contributed by atoms with E-state index in [1.807, 2.05) is 32.9 Å². The number of benzene rings is 2. The molecule has 1 N–H and O–H groups in total. The highest BCUT2D eigenvalue weighted by Crippen LogP contribution is 2.31. The smallest absolute Gasteiger partial charge is 0.251 e. The molecule has 7 nitrogen and oxygen atoms in total. The molecule has 2 aliphatic rings. The summed E-state index contributed by atoms with van der Waals surface area (Å²) in [6.07, 6.45) is 11.7. The topological polar surface area (TPSA) is 92.8 Å². The molecular weight excluding hydrogens is 579 g/mol. The molecule has 0 saturated heterocycles. The highest BCUT2D eigenvalue weighted by molar-refractivity contribution is 7.90. The van der Waals surface area contributed by atoms with Crippen LogP contribution >= 0.6 is 0 Å². The number of carbonyl (C=O) groups excluding carboxylic acids is 2. The van der Waals surface area contributed by atoms with E-state index >= 15 is 0 Å². The molecule has 1 saturated carbocycles. The fourth-order valence-electron chi connectivity index (χ4n) is 6.30. The minimum atomic E-state index is -3.55. The van der Waals surface area contributed by atoms with Crippen molar-refractivity contribution in [3.63, 3.8) is 0 Å². The molecule has 0 spiro atoms. The first-order valence-electron chi connectivity index (χ1n) is 15.9. The van der Waals surface area contributed by atoms with E-state index in [4.69, 9.17) is 4.74 Å². The Morgan fingerprint density at radius 3 is 2.50 bits per heavy atom. The second-order valence-electron chi connectivity index (χ2n) is 12.7. The van der Waals surface area contributed by atoms with Gasteiger partial charge in [0.25, 0.3) is 5.91 Å². The highest BCUT2D eigenvalue weighted by atomic mass is 32.2. The van der Waals surface area contributed by atoms with Crippen molar-refractivity contribution in [1.82, 2.24) is 10.2 Å². The summed E-state index contributed by atoms with van der Waals surface area (Å²) in [5.74, 6) is -1.03. The third-order valence-corrected chi connectivity index (χ3v) is 10.1. The Hall–Kier alpha value is -3.04. The summed E-state index contributed by atoms with van der Waals surface area (Å²) >= 11 is 0. The molecule has 2 aromatic carbocycles. The summed E-state index contributed by atoms with van der Waals surface area (Å²) < 4.78 is 44.0. The van der Waals surface area contributed by atoms with E-state index in [1.54, 1.807) is 0 Å². The molecule has 3 atom stereocenters.